The quantitative estimate of drug-likeness (QED) is 0.253. The lowest BCUT2D eigenvalue weighted by molar-refractivity contribution is -0.144. The number of carbonyl (C=O) groups excluding carboxylic acids is 2. The third kappa shape index (κ3) is 11.6. The summed E-state index contributed by atoms with van der Waals surface area (Å²) in [5, 5.41) is 8.86. The Labute approximate surface area is 150 Å². The number of methoxy groups -OCH3 is 1. The van der Waals surface area contributed by atoms with Gasteiger partial charge in [0.05, 0.1) is 13.0 Å². The molecule has 22 heavy (non-hydrogen) atoms. The van der Waals surface area contributed by atoms with Crippen LogP contribution in [0.2, 0.25) is 0 Å². The second kappa shape index (κ2) is 11.5. The van der Waals surface area contributed by atoms with Crippen molar-refractivity contribution >= 4 is 41.8 Å². The standard InChI is InChI=1S/C14H28N4O3.HI/c1-7-15-13(16-8-10(2)12(20)21-6)17-9-11(19)18-14(3,4)5;/h10H,7-9H2,1-6H3,(H,18,19)(H2,15,16,17);1H. The molecular formula is C14H29IN4O3. The maximum Gasteiger partial charge on any atom is 0.310 e. The van der Waals surface area contributed by atoms with Crippen molar-refractivity contribution in [3.63, 3.8) is 0 Å². The molecule has 0 aromatic carbocycles. The van der Waals surface area contributed by atoms with Gasteiger partial charge in [0.1, 0.15) is 6.54 Å². The number of guanidine groups is 1. The smallest absolute Gasteiger partial charge is 0.310 e. The molecule has 0 aliphatic rings. The predicted octanol–water partition coefficient (Wildman–Crippen LogP) is 0.883. The van der Waals surface area contributed by atoms with Gasteiger partial charge in [0, 0.05) is 18.6 Å². The summed E-state index contributed by atoms with van der Waals surface area (Å²) in [5.41, 5.74) is -0.280. The topological polar surface area (TPSA) is 91.8 Å². The summed E-state index contributed by atoms with van der Waals surface area (Å²) in [6, 6.07) is 0. The molecule has 0 radical (unpaired) electrons. The van der Waals surface area contributed by atoms with Crippen LogP contribution in [0.15, 0.2) is 4.99 Å². The van der Waals surface area contributed by atoms with E-state index in [4.69, 9.17) is 0 Å². The first kappa shape index (κ1) is 23.2. The average molecular weight is 428 g/mol. The van der Waals surface area contributed by atoms with Gasteiger partial charge in [-0.2, -0.15) is 0 Å². The molecule has 8 heteroatoms. The van der Waals surface area contributed by atoms with E-state index in [9.17, 15) is 9.59 Å². The van der Waals surface area contributed by atoms with Crippen LogP contribution in [-0.2, 0) is 14.3 Å². The van der Waals surface area contributed by atoms with Crippen LogP contribution in [0.3, 0.4) is 0 Å². The molecule has 130 valence electrons. The van der Waals surface area contributed by atoms with Gasteiger partial charge in [-0.25, -0.2) is 4.99 Å². The fourth-order valence-corrected chi connectivity index (χ4v) is 1.48. The highest BCUT2D eigenvalue weighted by atomic mass is 127. The Morgan fingerprint density at radius 3 is 2.27 bits per heavy atom. The van der Waals surface area contributed by atoms with E-state index >= 15 is 0 Å². The van der Waals surface area contributed by atoms with Gasteiger partial charge >= 0.3 is 5.97 Å². The molecule has 0 aromatic heterocycles. The van der Waals surface area contributed by atoms with E-state index in [1.807, 2.05) is 27.7 Å². The van der Waals surface area contributed by atoms with E-state index < -0.39 is 0 Å². The van der Waals surface area contributed by atoms with Gasteiger partial charge in [0.2, 0.25) is 5.91 Å². The Balaban J connectivity index is 0. The molecule has 0 rings (SSSR count). The summed E-state index contributed by atoms with van der Waals surface area (Å²) in [6.45, 7) is 10.5. The van der Waals surface area contributed by atoms with Crippen LogP contribution in [0.25, 0.3) is 0 Å². The molecule has 1 unspecified atom stereocenters. The number of carbonyl (C=O) groups is 2. The summed E-state index contributed by atoms with van der Waals surface area (Å²) in [4.78, 5) is 27.2. The molecule has 0 saturated heterocycles. The number of hydrogen-bond donors (Lipinski definition) is 3. The van der Waals surface area contributed by atoms with Gasteiger partial charge in [-0.05, 0) is 27.7 Å². The number of rotatable bonds is 6. The van der Waals surface area contributed by atoms with Crippen LogP contribution in [0.5, 0.6) is 0 Å². The lowest BCUT2D eigenvalue weighted by Crippen LogP contribution is -2.44. The maximum atomic E-state index is 11.7. The highest BCUT2D eigenvalue weighted by Crippen LogP contribution is 1.98. The zero-order valence-corrected chi connectivity index (χ0v) is 16.6. The van der Waals surface area contributed by atoms with Gasteiger partial charge in [0.25, 0.3) is 0 Å². The largest absolute Gasteiger partial charge is 0.469 e. The molecule has 1 amide bonds. The number of nitrogens with zero attached hydrogens (tertiary/aromatic N) is 1. The monoisotopic (exact) mass is 428 g/mol. The van der Waals surface area contributed by atoms with Crippen molar-refractivity contribution < 1.29 is 14.3 Å². The Morgan fingerprint density at radius 2 is 1.82 bits per heavy atom. The van der Waals surface area contributed by atoms with Gasteiger partial charge < -0.3 is 20.7 Å². The molecule has 0 aromatic rings. The van der Waals surface area contributed by atoms with Gasteiger partial charge in [-0.15, -0.1) is 24.0 Å². The van der Waals surface area contributed by atoms with E-state index in [1.165, 1.54) is 7.11 Å². The Bertz CT molecular complexity index is 381. The van der Waals surface area contributed by atoms with Crippen molar-refractivity contribution in [2.24, 2.45) is 10.9 Å². The van der Waals surface area contributed by atoms with Crippen LogP contribution < -0.4 is 16.0 Å². The highest BCUT2D eigenvalue weighted by Gasteiger charge is 2.15. The molecular weight excluding hydrogens is 399 g/mol. The minimum atomic E-state index is -0.290. The van der Waals surface area contributed by atoms with E-state index in [2.05, 4.69) is 25.7 Å². The van der Waals surface area contributed by atoms with Crippen molar-refractivity contribution in [1.82, 2.24) is 16.0 Å². The molecule has 0 fully saturated rings. The van der Waals surface area contributed by atoms with Crippen LogP contribution in [0.1, 0.15) is 34.6 Å². The summed E-state index contributed by atoms with van der Waals surface area (Å²) >= 11 is 0. The second-order valence-electron chi connectivity index (χ2n) is 5.80. The number of halogens is 1. The van der Waals surface area contributed by atoms with Crippen molar-refractivity contribution in [1.29, 1.82) is 0 Å². The molecule has 1 atom stereocenters. The zero-order valence-electron chi connectivity index (χ0n) is 14.3. The van der Waals surface area contributed by atoms with Crippen LogP contribution in [0.4, 0.5) is 0 Å². The summed E-state index contributed by atoms with van der Waals surface area (Å²) in [7, 11) is 1.36. The maximum absolute atomic E-state index is 11.7. The minimum absolute atomic E-state index is 0. The normalized spacial score (nSPS) is 12.7. The van der Waals surface area contributed by atoms with Gasteiger partial charge in [0.15, 0.2) is 5.96 Å². The number of hydrogen-bond acceptors (Lipinski definition) is 4. The molecule has 0 saturated carbocycles. The lowest BCUT2D eigenvalue weighted by Gasteiger charge is -2.20. The third-order valence-electron chi connectivity index (χ3n) is 2.42. The second-order valence-corrected chi connectivity index (χ2v) is 5.80. The van der Waals surface area contributed by atoms with Crippen LogP contribution in [0, 0.1) is 5.92 Å². The van der Waals surface area contributed by atoms with Crippen LogP contribution in [-0.4, -0.2) is 50.1 Å². The van der Waals surface area contributed by atoms with Crippen molar-refractivity contribution in [2.75, 3.05) is 26.7 Å². The number of esters is 1. The van der Waals surface area contributed by atoms with E-state index in [1.54, 1.807) is 6.92 Å². The molecule has 0 heterocycles. The Hall–Kier alpha value is -1.06. The van der Waals surface area contributed by atoms with E-state index in [0.717, 1.165) is 0 Å². The molecule has 0 aliphatic carbocycles. The third-order valence-corrected chi connectivity index (χ3v) is 2.42. The van der Waals surface area contributed by atoms with Crippen molar-refractivity contribution in [3.05, 3.63) is 0 Å². The summed E-state index contributed by atoms with van der Waals surface area (Å²) < 4.78 is 4.65. The van der Waals surface area contributed by atoms with Gasteiger partial charge in [-0.3, -0.25) is 9.59 Å². The van der Waals surface area contributed by atoms with Crippen molar-refractivity contribution in [3.8, 4) is 0 Å². The molecule has 3 N–H and O–H groups in total. The zero-order chi connectivity index (χ0) is 16.5. The van der Waals surface area contributed by atoms with Crippen molar-refractivity contribution in [2.45, 2.75) is 40.2 Å². The fourth-order valence-electron chi connectivity index (χ4n) is 1.48. The minimum Gasteiger partial charge on any atom is -0.469 e. The van der Waals surface area contributed by atoms with Gasteiger partial charge in [-0.1, -0.05) is 6.92 Å². The predicted molar refractivity (Wildman–Crippen MR) is 98.5 cm³/mol. The number of amides is 1. The number of nitrogens with one attached hydrogen (secondary N) is 3. The average Bonchev–Trinajstić information content (AvgIpc) is 2.38. The summed E-state index contributed by atoms with van der Waals surface area (Å²) in [6.07, 6.45) is 0. The number of aliphatic imine (C=N–C) groups is 1. The molecule has 7 nitrogen and oxygen atoms in total. The van der Waals surface area contributed by atoms with Crippen LogP contribution >= 0.6 is 24.0 Å². The fraction of sp³-hybridized carbons (Fsp3) is 0.786. The van der Waals surface area contributed by atoms with E-state index in [0.29, 0.717) is 19.0 Å². The highest BCUT2D eigenvalue weighted by molar-refractivity contribution is 14.0. The first-order valence-electron chi connectivity index (χ1n) is 7.10. The number of ether oxygens (including phenoxy) is 1. The Kier molecular flexibility index (Phi) is 12.1. The lowest BCUT2D eigenvalue weighted by atomic mass is 10.1. The summed E-state index contributed by atoms with van der Waals surface area (Å²) in [5.74, 6) is -0.232. The Morgan fingerprint density at radius 1 is 1.23 bits per heavy atom. The molecule has 0 spiro atoms. The first-order valence-corrected chi connectivity index (χ1v) is 7.10. The van der Waals surface area contributed by atoms with E-state index in [-0.39, 0.29) is 53.9 Å². The SMILES string of the molecule is CCNC(=NCC(=O)NC(C)(C)C)NCC(C)C(=O)OC.I. The first-order chi connectivity index (χ1) is 9.69. The molecule has 0 bridgehead atoms. The molecule has 0 aliphatic heterocycles.